The Morgan fingerprint density at radius 2 is 1.71 bits per heavy atom. The second-order valence-electron chi connectivity index (χ2n) is 13.1. The zero-order valence-corrected chi connectivity index (χ0v) is 22.0. The minimum Gasteiger partial charge on any atom is -0.478 e. The molecule has 4 rings (SSSR count). The molecule has 192 valence electrons. The Morgan fingerprint density at radius 1 is 1.03 bits per heavy atom. The summed E-state index contributed by atoms with van der Waals surface area (Å²) < 4.78 is 0. The molecule has 0 spiro atoms. The number of hydrogen-bond acceptors (Lipinski definition) is 4. The molecule has 0 heterocycles. The van der Waals surface area contributed by atoms with Gasteiger partial charge >= 0.3 is 5.97 Å². The summed E-state index contributed by atoms with van der Waals surface area (Å²) in [5.41, 5.74) is 1.66. The fourth-order valence-corrected chi connectivity index (χ4v) is 9.51. The summed E-state index contributed by atoms with van der Waals surface area (Å²) in [6, 6.07) is 0. The zero-order chi connectivity index (χ0) is 25.2. The Balaban J connectivity index is 1.76. The third-order valence-corrected chi connectivity index (χ3v) is 11.3. The Bertz CT molecular complexity index is 887. The van der Waals surface area contributed by atoms with Gasteiger partial charge in [-0.1, -0.05) is 39.3 Å². The molecule has 0 aromatic heterocycles. The van der Waals surface area contributed by atoms with E-state index in [1.165, 1.54) is 0 Å². The van der Waals surface area contributed by atoms with Gasteiger partial charge in [0.25, 0.3) is 0 Å². The Kier molecular flexibility index (Phi) is 6.66. The van der Waals surface area contributed by atoms with E-state index in [0.717, 1.165) is 31.3 Å². The van der Waals surface area contributed by atoms with E-state index in [4.69, 9.17) is 0 Å². The third kappa shape index (κ3) is 3.64. The smallest absolute Gasteiger partial charge is 0.331 e. The van der Waals surface area contributed by atoms with Gasteiger partial charge in [-0.05, 0) is 111 Å². The molecule has 5 nitrogen and oxygen atoms in total. The molecule has 0 bridgehead atoms. The number of aliphatic hydroxyl groups excluding tert-OH is 3. The molecule has 0 aromatic rings. The molecule has 10 unspecified atom stereocenters. The molecule has 4 fully saturated rings. The van der Waals surface area contributed by atoms with Crippen molar-refractivity contribution in [1.29, 1.82) is 0 Å². The van der Waals surface area contributed by atoms with Gasteiger partial charge in [0.05, 0.1) is 18.3 Å². The molecule has 5 heteroatoms. The van der Waals surface area contributed by atoms with Crippen molar-refractivity contribution in [2.75, 3.05) is 0 Å². The lowest BCUT2D eigenvalue weighted by atomic mass is 9.36. The van der Waals surface area contributed by atoms with Gasteiger partial charge in [-0.3, -0.25) is 0 Å². The van der Waals surface area contributed by atoms with Crippen LogP contribution >= 0.6 is 0 Å². The monoisotopic (exact) mass is 474 g/mol. The summed E-state index contributed by atoms with van der Waals surface area (Å²) in [4.78, 5) is 12.4. The van der Waals surface area contributed by atoms with Crippen molar-refractivity contribution in [3.05, 3.63) is 22.8 Å². The highest BCUT2D eigenvalue weighted by atomic mass is 16.4. The van der Waals surface area contributed by atoms with E-state index in [2.05, 4.69) is 33.8 Å². The molecule has 4 saturated carbocycles. The lowest BCUT2D eigenvalue weighted by molar-refractivity contribution is -0.233. The summed E-state index contributed by atoms with van der Waals surface area (Å²) in [5.74, 6) is -0.375. The number of carboxylic acids is 1. The van der Waals surface area contributed by atoms with Crippen LogP contribution in [0.2, 0.25) is 0 Å². The summed E-state index contributed by atoms with van der Waals surface area (Å²) in [7, 11) is 0. The summed E-state index contributed by atoms with van der Waals surface area (Å²) in [5, 5.41) is 43.8. The van der Waals surface area contributed by atoms with Crippen molar-refractivity contribution in [3.8, 4) is 0 Å². The molecule has 0 aliphatic heterocycles. The van der Waals surface area contributed by atoms with Gasteiger partial charge in [-0.25, -0.2) is 4.79 Å². The molecule has 0 amide bonds. The maximum absolute atomic E-state index is 12.4. The summed E-state index contributed by atoms with van der Waals surface area (Å²) in [6.45, 7) is 13.1. The van der Waals surface area contributed by atoms with E-state index in [1.807, 2.05) is 13.8 Å². The first-order valence-corrected chi connectivity index (χ1v) is 13.4. The van der Waals surface area contributed by atoms with Crippen LogP contribution in [0, 0.1) is 39.9 Å². The van der Waals surface area contributed by atoms with E-state index >= 15 is 0 Å². The van der Waals surface area contributed by atoms with Crippen LogP contribution in [0.15, 0.2) is 22.8 Å². The molecular formula is C29H46O5. The zero-order valence-electron chi connectivity index (χ0n) is 22.0. The number of aliphatic hydroxyl groups is 3. The number of fused-ring (bicyclic) bond motifs is 5. The predicted octanol–water partition coefficient (Wildman–Crippen LogP) is 5.10. The molecular weight excluding hydrogens is 428 g/mol. The quantitative estimate of drug-likeness (QED) is 0.336. The minimum absolute atomic E-state index is 0.0600. The fourth-order valence-electron chi connectivity index (χ4n) is 9.51. The van der Waals surface area contributed by atoms with E-state index < -0.39 is 18.2 Å². The topological polar surface area (TPSA) is 98.0 Å². The second-order valence-corrected chi connectivity index (χ2v) is 13.1. The standard InChI is InChI=1S/C29H46O5/c1-16(2)8-7-9-18(26(33)34)24-20-14-22(31)25-27(4)12-11-21(30)17(3)19(27)10-13-28(25,5)29(20,6)15-23(24)32/h8,17,19-23,25,30-32H,7,9-15H2,1-6H3,(H,33,34). The molecule has 0 radical (unpaired) electrons. The van der Waals surface area contributed by atoms with E-state index in [9.17, 15) is 25.2 Å². The van der Waals surface area contributed by atoms with Gasteiger partial charge in [-0.2, -0.15) is 0 Å². The van der Waals surface area contributed by atoms with E-state index in [-0.39, 0.29) is 40.1 Å². The normalized spacial score (nSPS) is 49.5. The lowest BCUT2D eigenvalue weighted by Crippen LogP contribution is -2.65. The Morgan fingerprint density at radius 3 is 2.32 bits per heavy atom. The largest absolute Gasteiger partial charge is 0.478 e. The highest BCUT2D eigenvalue weighted by Gasteiger charge is 2.70. The van der Waals surface area contributed by atoms with E-state index in [1.54, 1.807) is 0 Å². The highest BCUT2D eigenvalue weighted by Crippen LogP contribution is 2.74. The summed E-state index contributed by atoms with van der Waals surface area (Å²) >= 11 is 0. The van der Waals surface area contributed by atoms with Gasteiger partial charge in [0.2, 0.25) is 0 Å². The number of rotatable bonds is 4. The number of carboxylic acid groups (broad SMARTS) is 1. The molecule has 4 aliphatic rings. The molecule has 0 saturated heterocycles. The molecule has 4 N–H and O–H groups in total. The van der Waals surface area contributed by atoms with Crippen LogP contribution in [0.25, 0.3) is 0 Å². The third-order valence-electron chi connectivity index (χ3n) is 11.3. The van der Waals surface area contributed by atoms with Gasteiger partial charge in [0.15, 0.2) is 0 Å². The first kappa shape index (κ1) is 25.9. The van der Waals surface area contributed by atoms with Gasteiger partial charge < -0.3 is 20.4 Å². The molecule has 4 aliphatic carbocycles. The number of carbonyl (C=O) groups is 1. The molecule has 10 atom stereocenters. The van der Waals surface area contributed by atoms with Crippen LogP contribution < -0.4 is 0 Å². The minimum atomic E-state index is -0.937. The number of allylic oxidation sites excluding steroid dienone is 2. The molecule has 0 aromatic carbocycles. The van der Waals surface area contributed by atoms with Crippen LogP contribution in [0.4, 0.5) is 0 Å². The van der Waals surface area contributed by atoms with Crippen LogP contribution in [0.5, 0.6) is 0 Å². The van der Waals surface area contributed by atoms with Crippen molar-refractivity contribution in [2.45, 2.75) is 111 Å². The van der Waals surface area contributed by atoms with Crippen LogP contribution in [0.3, 0.4) is 0 Å². The summed E-state index contributed by atoms with van der Waals surface area (Å²) in [6.07, 6.45) is 6.25. The predicted molar refractivity (Wildman–Crippen MR) is 133 cm³/mol. The lowest BCUT2D eigenvalue weighted by Gasteiger charge is -2.69. The second kappa shape index (κ2) is 8.74. The average Bonchev–Trinajstić information content (AvgIpc) is 2.99. The van der Waals surface area contributed by atoms with Crippen molar-refractivity contribution in [3.63, 3.8) is 0 Å². The van der Waals surface area contributed by atoms with Crippen molar-refractivity contribution in [2.24, 2.45) is 39.9 Å². The average molecular weight is 475 g/mol. The SMILES string of the molecule is CC(C)=CCCC(C(=O)O)=C1C(O)CC2(C)C1CC(O)C1C3(C)CCC(O)C(C)C3CCC12C. The van der Waals surface area contributed by atoms with Crippen molar-refractivity contribution < 1.29 is 25.2 Å². The van der Waals surface area contributed by atoms with Crippen LogP contribution in [-0.4, -0.2) is 44.7 Å². The number of aliphatic carboxylic acids is 1. The first-order chi connectivity index (χ1) is 15.8. The number of hydrogen-bond donors (Lipinski definition) is 4. The first-order valence-electron chi connectivity index (χ1n) is 13.4. The van der Waals surface area contributed by atoms with Crippen LogP contribution in [-0.2, 0) is 4.79 Å². The Hall–Kier alpha value is -1.17. The van der Waals surface area contributed by atoms with Crippen LogP contribution in [0.1, 0.15) is 92.9 Å². The highest BCUT2D eigenvalue weighted by molar-refractivity contribution is 5.88. The molecule has 34 heavy (non-hydrogen) atoms. The van der Waals surface area contributed by atoms with Gasteiger partial charge in [0.1, 0.15) is 0 Å². The fraction of sp³-hybridized carbons (Fsp3) is 0.828. The maximum atomic E-state index is 12.4. The maximum Gasteiger partial charge on any atom is 0.331 e. The van der Waals surface area contributed by atoms with Crippen molar-refractivity contribution in [1.82, 2.24) is 0 Å². The van der Waals surface area contributed by atoms with Crippen molar-refractivity contribution >= 4 is 5.97 Å². The Labute approximate surface area is 205 Å². The van der Waals surface area contributed by atoms with Gasteiger partial charge in [0, 0.05) is 5.57 Å². The van der Waals surface area contributed by atoms with Gasteiger partial charge in [-0.15, -0.1) is 0 Å². The van der Waals surface area contributed by atoms with E-state index in [0.29, 0.717) is 42.7 Å².